The Labute approximate surface area is 109 Å². The third kappa shape index (κ3) is 2.33. The number of aryl methyl sites for hydroxylation is 1. The first-order valence-corrected chi connectivity index (χ1v) is 5.63. The standard InChI is InChI=1S/C10H8BrF3N4/c1-5-4-18(17-8(5)15)9-7(10(12,13)14)2-6(11)3-16-9/h2-4H,1H3,(H2,15,17). The van der Waals surface area contributed by atoms with Gasteiger partial charge in [0.05, 0.1) is 0 Å². The van der Waals surface area contributed by atoms with Gasteiger partial charge in [0.1, 0.15) is 11.4 Å². The van der Waals surface area contributed by atoms with E-state index in [0.29, 0.717) is 5.56 Å². The van der Waals surface area contributed by atoms with Crippen LogP contribution in [-0.2, 0) is 6.18 Å². The third-order valence-corrected chi connectivity index (χ3v) is 2.72. The van der Waals surface area contributed by atoms with E-state index < -0.39 is 11.7 Å². The maximum Gasteiger partial charge on any atom is 0.420 e. The molecule has 0 aromatic carbocycles. The molecule has 0 saturated heterocycles. The van der Waals surface area contributed by atoms with E-state index in [1.54, 1.807) is 6.92 Å². The first-order chi connectivity index (χ1) is 8.29. The molecule has 4 nitrogen and oxygen atoms in total. The summed E-state index contributed by atoms with van der Waals surface area (Å²) in [6.07, 6.45) is -1.83. The van der Waals surface area contributed by atoms with Gasteiger partial charge in [-0.25, -0.2) is 9.67 Å². The lowest BCUT2D eigenvalue weighted by atomic mass is 10.2. The molecule has 0 atom stereocenters. The van der Waals surface area contributed by atoms with Gasteiger partial charge in [-0.1, -0.05) is 0 Å². The van der Waals surface area contributed by atoms with E-state index >= 15 is 0 Å². The van der Waals surface area contributed by atoms with Crippen LogP contribution in [0.15, 0.2) is 22.9 Å². The molecule has 2 rings (SSSR count). The number of pyridine rings is 1. The number of anilines is 1. The highest BCUT2D eigenvalue weighted by Crippen LogP contribution is 2.34. The Morgan fingerprint density at radius 2 is 2.06 bits per heavy atom. The fourth-order valence-corrected chi connectivity index (χ4v) is 1.74. The second-order valence-electron chi connectivity index (χ2n) is 3.66. The van der Waals surface area contributed by atoms with Gasteiger partial charge in [0, 0.05) is 22.4 Å². The molecule has 0 unspecified atom stereocenters. The summed E-state index contributed by atoms with van der Waals surface area (Å²) in [6, 6.07) is 0.954. The summed E-state index contributed by atoms with van der Waals surface area (Å²) in [4.78, 5) is 3.75. The highest BCUT2D eigenvalue weighted by Gasteiger charge is 2.35. The van der Waals surface area contributed by atoms with Gasteiger partial charge < -0.3 is 5.73 Å². The zero-order chi connectivity index (χ0) is 13.5. The highest BCUT2D eigenvalue weighted by atomic mass is 79.9. The molecule has 0 amide bonds. The minimum Gasteiger partial charge on any atom is -0.382 e. The second kappa shape index (κ2) is 4.27. The van der Waals surface area contributed by atoms with Crippen molar-refractivity contribution in [1.82, 2.24) is 14.8 Å². The molecule has 0 aliphatic rings. The van der Waals surface area contributed by atoms with E-state index in [1.165, 1.54) is 12.4 Å². The van der Waals surface area contributed by atoms with Crippen molar-refractivity contribution in [2.45, 2.75) is 13.1 Å². The van der Waals surface area contributed by atoms with E-state index in [9.17, 15) is 13.2 Å². The van der Waals surface area contributed by atoms with E-state index in [-0.39, 0.29) is 16.1 Å². The molecule has 96 valence electrons. The fourth-order valence-electron chi connectivity index (χ4n) is 1.41. The van der Waals surface area contributed by atoms with Crippen LogP contribution in [0.5, 0.6) is 0 Å². The van der Waals surface area contributed by atoms with Crippen molar-refractivity contribution in [3.05, 3.63) is 34.1 Å². The number of hydrogen-bond acceptors (Lipinski definition) is 3. The summed E-state index contributed by atoms with van der Waals surface area (Å²) < 4.78 is 39.9. The lowest BCUT2D eigenvalue weighted by molar-refractivity contribution is -0.137. The zero-order valence-electron chi connectivity index (χ0n) is 9.16. The first kappa shape index (κ1) is 12.9. The monoisotopic (exact) mass is 320 g/mol. The average molecular weight is 321 g/mol. The normalized spacial score (nSPS) is 11.8. The Balaban J connectivity index is 2.64. The Morgan fingerprint density at radius 1 is 1.39 bits per heavy atom. The maximum atomic E-state index is 12.9. The zero-order valence-corrected chi connectivity index (χ0v) is 10.7. The van der Waals surface area contributed by atoms with Gasteiger partial charge in [0.15, 0.2) is 5.82 Å². The second-order valence-corrected chi connectivity index (χ2v) is 4.58. The molecule has 18 heavy (non-hydrogen) atoms. The van der Waals surface area contributed by atoms with Crippen LogP contribution in [0, 0.1) is 6.92 Å². The Morgan fingerprint density at radius 3 is 2.56 bits per heavy atom. The summed E-state index contributed by atoms with van der Waals surface area (Å²) in [7, 11) is 0. The van der Waals surface area contributed by atoms with Crippen molar-refractivity contribution in [3.8, 4) is 5.82 Å². The number of aromatic nitrogens is 3. The highest BCUT2D eigenvalue weighted by molar-refractivity contribution is 9.10. The lowest BCUT2D eigenvalue weighted by Gasteiger charge is -2.11. The molecule has 2 N–H and O–H groups in total. The minimum absolute atomic E-state index is 0.174. The van der Waals surface area contributed by atoms with Gasteiger partial charge in [0.25, 0.3) is 0 Å². The van der Waals surface area contributed by atoms with Gasteiger partial charge in [-0.05, 0) is 28.9 Å². The molecule has 0 aliphatic heterocycles. The van der Waals surface area contributed by atoms with Crippen LogP contribution < -0.4 is 5.73 Å². The maximum absolute atomic E-state index is 12.9. The van der Waals surface area contributed by atoms with Crippen LogP contribution in [0.4, 0.5) is 19.0 Å². The summed E-state index contributed by atoms with van der Waals surface area (Å²) in [6.45, 7) is 1.66. The van der Waals surface area contributed by atoms with Crippen molar-refractivity contribution in [2.24, 2.45) is 0 Å². The topological polar surface area (TPSA) is 56.7 Å². The molecule has 0 saturated carbocycles. The molecule has 2 aromatic heterocycles. The molecular formula is C10H8BrF3N4. The summed E-state index contributed by atoms with van der Waals surface area (Å²) in [5.74, 6) is -0.127. The Hall–Kier alpha value is -1.57. The summed E-state index contributed by atoms with van der Waals surface area (Å²) >= 11 is 2.96. The molecule has 0 fully saturated rings. The molecular weight excluding hydrogens is 313 g/mol. The van der Waals surface area contributed by atoms with Gasteiger partial charge >= 0.3 is 6.18 Å². The van der Waals surface area contributed by atoms with Gasteiger partial charge in [-0.15, -0.1) is 5.10 Å². The number of nitrogen functional groups attached to an aromatic ring is 1. The fraction of sp³-hybridized carbons (Fsp3) is 0.200. The van der Waals surface area contributed by atoms with Crippen molar-refractivity contribution in [3.63, 3.8) is 0 Å². The molecule has 2 heterocycles. The van der Waals surface area contributed by atoms with Crippen molar-refractivity contribution in [1.29, 1.82) is 0 Å². The predicted molar refractivity (Wildman–Crippen MR) is 63.2 cm³/mol. The molecule has 0 bridgehead atoms. The van der Waals surface area contributed by atoms with Gasteiger partial charge in [0.2, 0.25) is 0 Å². The number of rotatable bonds is 1. The van der Waals surface area contributed by atoms with E-state index in [2.05, 4.69) is 26.0 Å². The first-order valence-electron chi connectivity index (χ1n) is 4.84. The third-order valence-electron chi connectivity index (χ3n) is 2.29. The van der Waals surface area contributed by atoms with Crippen molar-refractivity contribution >= 4 is 21.7 Å². The quantitative estimate of drug-likeness (QED) is 0.879. The van der Waals surface area contributed by atoms with Gasteiger partial charge in [-0.2, -0.15) is 13.2 Å². The molecule has 0 spiro atoms. The van der Waals surface area contributed by atoms with Crippen molar-refractivity contribution < 1.29 is 13.2 Å². The molecule has 2 aromatic rings. The minimum atomic E-state index is -4.51. The molecule has 8 heteroatoms. The van der Waals surface area contributed by atoms with Crippen LogP contribution in [0.3, 0.4) is 0 Å². The van der Waals surface area contributed by atoms with E-state index in [4.69, 9.17) is 5.73 Å². The van der Waals surface area contributed by atoms with Crippen LogP contribution >= 0.6 is 15.9 Å². The number of hydrogen-bond donors (Lipinski definition) is 1. The number of nitrogens with zero attached hydrogens (tertiary/aromatic N) is 3. The van der Waals surface area contributed by atoms with Crippen molar-refractivity contribution in [2.75, 3.05) is 5.73 Å². The lowest BCUT2D eigenvalue weighted by Crippen LogP contribution is -2.13. The smallest absolute Gasteiger partial charge is 0.382 e. The largest absolute Gasteiger partial charge is 0.420 e. The predicted octanol–water partition coefficient (Wildman–Crippen LogP) is 2.94. The van der Waals surface area contributed by atoms with Crippen LogP contribution in [-0.4, -0.2) is 14.8 Å². The van der Waals surface area contributed by atoms with Crippen LogP contribution in [0.25, 0.3) is 5.82 Å². The molecule has 0 aliphatic carbocycles. The SMILES string of the molecule is Cc1cn(-c2ncc(Br)cc2C(F)(F)F)nc1N. The summed E-state index contributed by atoms with van der Waals surface area (Å²) in [5.41, 5.74) is 5.23. The molecule has 0 radical (unpaired) electrons. The number of halogens is 4. The van der Waals surface area contributed by atoms with Crippen LogP contribution in [0.2, 0.25) is 0 Å². The number of nitrogens with two attached hydrogens (primary N) is 1. The summed E-state index contributed by atoms with van der Waals surface area (Å²) in [5, 5.41) is 3.80. The Bertz CT molecular complexity index is 572. The van der Waals surface area contributed by atoms with Crippen LogP contribution in [0.1, 0.15) is 11.1 Å². The van der Waals surface area contributed by atoms with E-state index in [1.807, 2.05) is 0 Å². The average Bonchev–Trinajstić information content (AvgIpc) is 2.57. The Kier molecular flexibility index (Phi) is 3.05. The van der Waals surface area contributed by atoms with E-state index in [0.717, 1.165) is 10.7 Å². The van der Waals surface area contributed by atoms with Gasteiger partial charge in [-0.3, -0.25) is 0 Å². The number of alkyl halides is 3.